The standard InChI is InChI=1S/C19H16F2N2O2S/c1-12-2-5-14(6-3-12)25-9-8-18(24)23-19-22-17(11-26-19)13-4-7-15(20)16(21)10-13/h2-7,10-11H,8-9H2,1H3,(H,22,23,24). The summed E-state index contributed by atoms with van der Waals surface area (Å²) in [6.07, 6.45) is 0.175. The lowest BCUT2D eigenvalue weighted by Crippen LogP contribution is -2.15. The summed E-state index contributed by atoms with van der Waals surface area (Å²) in [6.45, 7) is 2.23. The Balaban J connectivity index is 1.52. The summed E-state index contributed by atoms with van der Waals surface area (Å²) in [5, 5.41) is 4.74. The van der Waals surface area contributed by atoms with Crippen molar-refractivity contribution in [2.75, 3.05) is 11.9 Å². The Hall–Kier alpha value is -2.80. The average Bonchev–Trinajstić information content (AvgIpc) is 3.07. The zero-order chi connectivity index (χ0) is 18.5. The highest BCUT2D eigenvalue weighted by molar-refractivity contribution is 7.14. The second-order valence-electron chi connectivity index (χ2n) is 5.63. The van der Waals surface area contributed by atoms with Crippen molar-refractivity contribution < 1.29 is 18.3 Å². The molecule has 1 N–H and O–H groups in total. The fraction of sp³-hybridized carbons (Fsp3) is 0.158. The highest BCUT2D eigenvalue weighted by Gasteiger charge is 2.10. The largest absolute Gasteiger partial charge is 0.493 e. The fourth-order valence-corrected chi connectivity index (χ4v) is 2.93. The average molecular weight is 374 g/mol. The molecule has 2 aromatic carbocycles. The number of carbonyl (C=O) groups excluding carboxylic acids is 1. The summed E-state index contributed by atoms with van der Waals surface area (Å²) in [7, 11) is 0. The number of rotatable bonds is 6. The summed E-state index contributed by atoms with van der Waals surface area (Å²) in [5.41, 5.74) is 2.05. The highest BCUT2D eigenvalue weighted by atomic mass is 32.1. The molecule has 0 bridgehead atoms. The van der Waals surface area contributed by atoms with Crippen LogP contribution in [0.1, 0.15) is 12.0 Å². The molecule has 0 fully saturated rings. The third kappa shape index (κ3) is 4.64. The lowest BCUT2D eigenvalue weighted by Gasteiger charge is -2.06. The molecule has 0 spiro atoms. The summed E-state index contributed by atoms with van der Waals surface area (Å²) in [6, 6.07) is 11.1. The lowest BCUT2D eigenvalue weighted by atomic mass is 10.2. The number of aryl methyl sites for hydroxylation is 1. The summed E-state index contributed by atoms with van der Waals surface area (Å²) in [4.78, 5) is 16.2. The number of nitrogens with zero attached hydrogens (tertiary/aromatic N) is 1. The van der Waals surface area contributed by atoms with Gasteiger partial charge in [-0.05, 0) is 37.3 Å². The van der Waals surface area contributed by atoms with Crippen molar-refractivity contribution in [3.05, 3.63) is 65.0 Å². The van der Waals surface area contributed by atoms with Gasteiger partial charge in [0.25, 0.3) is 0 Å². The van der Waals surface area contributed by atoms with Crippen LogP contribution in [-0.4, -0.2) is 17.5 Å². The molecule has 0 atom stereocenters. The van der Waals surface area contributed by atoms with Gasteiger partial charge in [-0.2, -0.15) is 0 Å². The number of hydrogen-bond donors (Lipinski definition) is 1. The molecule has 0 saturated heterocycles. The molecule has 1 amide bonds. The van der Waals surface area contributed by atoms with Crippen molar-refractivity contribution >= 4 is 22.4 Å². The zero-order valence-electron chi connectivity index (χ0n) is 14.0. The van der Waals surface area contributed by atoms with Gasteiger partial charge in [0.05, 0.1) is 18.7 Å². The van der Waals surface area contributed by atoms with Crippen LogP contribution in [0.2, 0.25) is 0 Å². The van der Waals surface area contributed by atoms with E-state index in [0.717, 1.165) is 17.7 Å². The van der Waals surface area contributed by atoms with Crippen LogP contribution in [0, 0.1) is 18.6 Å². The minimum Gasteiger partial charge on any atom is -0.493 e. The quantitative estimate of drug-likeness (QED) is 0.674. The molecule has 0 aliphatic heterocycles. The van der Waals surface area contributed by atoms with Gasteiger partial charge in [-0.1, -0.05) is 17.7 Å². The van der Waals surface area contributed by atoms with E-state index < -0.39 is 11.6 Å². The van der Waals surface area contributed by atoms with Crippen molar-refractivity contribution in [3.8, 4) is 17.0 Å². The van der Waals surface area contributed by atoms with Gasteiger partial charge in [0, 0.05) is 10.9 Å². The van der Waals surface area contributed by atoms with Crippen molar-refractivity contribution in [1.82, 2.24) is 4.98 Å². The summed E-state index contributed by atoms with van der Waals surface area (Å²) in [5.74, 6) is -1.37. The molecule has 0 unspecified atom stereocenters. The Bertz CT molecular complexity index is 910. The second kappa shape index (κ2) is 8.05. The first-order valence-electron chi connectivity index (χ1n) is 7.91. The van der Waals surface area contributed by atoms with E-state index in [4.69, 9.17) is 4.74 Å². The molecule has 0 aliphatic carbocycles. The molecule has 134 valence electrons. The molecule has 26 heavy (non-hydrogen) atoms. The SMILES string of the molecule is Cc1ccc(OCCC(=O)Nc2nc(-c3ccc(F)c(F)c3)cs2)cc1. The van der Waals surface area contributed by atoms with Gasteiger partial charge in [-0.15, -0.1) is 11.3 Å². The Morgan fingerprint density at radius 1 is 1.15 bits per heavy atom. The number of hydrogen-bond acceptors (Lipinski definition) is 4. The first kappa shape index (κ1) is 18.0. The van der Waals surface area contributed by atoms with Crippen LogP contribution >= 0.6 is 11.3 Å². The van der Waals surface area contributed by atoms with E-state index in [1.165, 1.54) is 17.4 Å². The number of nitrogens with one attached hydrogen (secondary N) is 1. The third-order valence-corrected chi connectivity index (χ3v) is 4.34. The minimum absolute atomic E-state index is 0.175. The van der Waals surface area contributed by atoms with Crippen LogP contribution in [0.3, 0.4) is 0 Å². The third-order valence-electron chi connectivity index (χ3n) is 3.58. The van der Waals surface area contributed by atoms with Gasteiger partial charge in [0.2, 0.25) is 5.91 Å². The molecule has 7 heteroatoms. The van der Waals surface area contributed by atoms with Crippen LogP contribution in [0.5, 0.6) is 5.75 Å². The van der Waals surface area contributed by atoms with Crippen LogP contribution in [0.4, 0.5) is 13.9 Å². The molecule has 0 aliphatic rings. The minimum atomic E-state index is -0.936. The number of amides is 1. The maximum Gasteiger partial charge on any atom is 0.229 e. The predicted octanol–water partition coefficient (Wildman–Crippen LogP) is 4.80. The number of anilines is 1. The van der Waals surface area contributed by atoms with Crippen LogP contribution in [0.25, 0.3) is 11.3 Å². The van der Waals surface area contributed by atoms with E-state index in [9.17, 15) is 13.6 Å². The molecule has 3 rings (SSSR count). The molecule has 1 aromatic heterocycles. The maximum atomic E-state index is 13.3. The summed E-state index contributed by atoms with van der Waals surface area (Å²) >= 11 is 1.21. The first-order valence-corrected chi connectivity index (χ1v) is 8.79. The molecule has 4 nitrogen and oxygen atoms in total. The van der Waals surface area contributed by atoms with Gasteiger partial charge in [0.15, 0.2) is 16.8 Å². The van der Waals surface area contributed by atoms with Gasteiger partial charge in [-0.3, -0.25) is 4.79 Å². The Labute approximate surface area is 153 Å². The fourth-order valence-electron chi connectivity index (χ4n) is 2.20. The number of thiazole rings is 1. The van der Waals surface area contributed by atoms with Crippen molar-refractivity contribution in [1.29, 1.82) is 0 Å². The van der Waals surface area contributed by atoms with Gasteiger partial charge >= 0.3 is 0 Å². The van der Waals surface area contributed by atoms with Crippen LogP contribution < -0.4 is 10.1 Å². The Morgan fingerprint density at radius 3 is 2.65 bits per heavy atom. The van der Waals surface area contributed by atoms with E-state index in [2.05, 4.69) is 10.3 Å². The second-order valence-corrected chi connectivity index (χ2v) is 6.48. The topological polar surface area (TPSA) is 51.2 Å². The lowest BCUT2D eigenvalue weighted by molar-refractivity contribution is -0.116. The van der Waals surface area contributed by atoms with Gasteiger partial charge in [0.1, 0.15) is 5.75 Å². The van der Waals surface area contributed by atoms with Crippen molar-refractivity contribution in [2.24, 2.45) is 0 Å². The maximum absolute atomic E-state index is 13.3. The summed E-state index contributed by atoms with van der Waals surface area (Å²) < 4.78 is 31.8. The molecule has 0 radical (unpaired) electrons. The number of ether oxygens (including phenoxy) is 1. The van der Waals surface area contributed by atoms with Crippen molar-refractivity contribution in [2.45, 2.75) is 13.3 Å². The molecule has 1 heterocycles. The van der Waals surface area contributed by atoms with Gasteiger partial charge in [-0.25, -0.2) is 13.8 Å². The Kier molecular flexibility index (Phi) is 5.58. The molecular weight excluding hydrogens is 358 g/mol. The number of aromatic nitrogens is 1. The number of carbonyl (C=O) groups is 1. The predicted molar refractivity (Wildman–Crippen MR) is 97.4 cm³/mol. The first-order chi connectivity index (χ1) is 12.5. The monoisotopic (exact) mass is 374 g/mol. The molecule has 3 aromatic rings. The number of halogens is 2. The van der Waals surface area contributed by atoms with Crippen LogP contribution in [-0.2, 0) is 4.79 Å². The Morgan fingerprint density at radius 2 is 1.92 bits per heavy atom. The highest BCUT2D eigenvalue weighted by Crippen LogP contribution is 2.26. The van der Waals surface area contributed by atoms with E-state index in [1.807, 2.05) is 31.2 Å². The smallest absolute Gasteiger partial charge is 0.229 e. The van der Waals surface area contributed by atoms with Gasteiger partial charge < -0.3 is 10.1 Å². The van der Waals surface area contributed by atoms with E-state index >= 15 is 0 Å². The zero-order valence-corrected chi connectivity index (χ0v) is 14.8. The van der Waals surface area contributed by atoms with E-state index in [1.54, 1.807) is 5.38 Å². The number of benzene rings is 2. The molecular formula is C19H16F2N2O2S. The molecule has 0 saturated carbocycles. The van der Waals surface area contributed by atoms with E-state index in [-0.39, 0.29) is 18.9 Å². The van der Waals surface area contributed by atoms with E-state index in [0.29, 0.717) is 22.1 Å². The van der Waals surface area contributed by atoms with Crippen molar-refractivity contribution in [3.63, 3.8) is 0 Å². The van der Waals surface area contributed by atoms with Crippen LogP contribution in [0.15, 0.2) is 47.8 Å². The normalized spacial score (nSPS) is 10.6.